The topological polar surface area (TPSA) is 38.5 Å². The third-order valence-electron chi connectivity index (χ3n) is 3.31. The summed E-state index contributed by atoms with van der Waals surface area (Å²) in [6.07, 6.45) is 2.66. The number of benzene rings is 1. The maximum absolute atomic E-state index is 5.85. The first-order chi connectivity index (χ1) is 8.29. The maximum atomic E-state index is 5.85. The fraction of sp³-hybridized carbons (Fsp3) is 0.571. The van der Waals surface area contributed by atoms with Crippen LogP contribution in [0.5, 0.6) is 5.75 Å². The monoisotopic (exact) mass is 234 g/mol. The zero-order valence-electron chi connectivity index (χ0n) is 10.6. The van der Waals surface area contributed by atoms with Gasteiger partial charge in [0.05, 0.1) is 0 Å². The number of likely N-dealkylation sites (tertiary alicyclic amines) is 1. The van der Waals surface area contributed by atoms with E-state index in [1.54, 1.807) is 0 Å². The molecule has 1 fully saturated rings. The zero-order valence-corrected chi connectivity index (χ0v) is 10.6. The number of hydrogen-bond donors (Lipinski definition) is 1. The first-order valence-electron chi connectivity index (χ1n) is 6.44. The molecule has 0 atom stereocenters. The molecular weight excluding hydrogens is 212 g/mol. The van der Waals surface area contributed by atoms with Crippen molar-refractivity contribution in [3.8, 4) is 5.75 Å². The van der Waals surface area contributed by atoms with Gasteiger partial charge in [0.1, 0.15) is 12.4 Å². The molecule has 0 bridgehead atoms. The predicted molar refractivity (Wildman–Crippen MR) is 70.2 cm³/mol. The van der Waals surface area contributed by atoms with Crippen LogP contribution in [0.1, 0.15) is 24.0 Å². The number of aryl methyl sites for hydroxylation is 1. The first-order valence-corrected chi connectivity index (χ1v) is 6.44. The minimum Gasteiger partial charge on any atom is -0.492 e. The average molecular weight is 234 g/mol. The van der Waals surface area contributed by atoms with Gasteiger partial charge in [0, 0.05) is 18.7 Å². The van der Waals surface area contributed by atoms with Gasteiger partial charge in [-0.25, -0.2) is 0 Å². The highest BCUT2D eigenvalue weighted by Crippen LogP contribution is 2.19. The molecule has 3 heteroatoms. The van der Waals surface area contributed by atoms with E-state index in [2.05, 4.69) is 30.0 Å². The second-order valence-electron chi connectivity index (χ2n) is 4.71. The Bertz CT molecular complexity index is 359. The minimum atomic E-state index is 0.541. The number of nitrogens with two attached hydrogens (primary N) is 1. The molecular formula is C14H22N2O. The van der Waals surface area contributed by atoms with Crippen LogP contribution in [0.2, 0.25) is 0 Å². The summed E-state index contributed by atoms with van der Waals surface area (Å²) in [4.78, 5) is 2.46. The quantitative estimate of drug-likeness (QED) is 0.846. The van der Waals surface area contributed by atoms with E-state index >= 15 is 0 Å². The van der Waals surface area contributed by atoms with E-state index in [0.717, 1.165) is 24.5 Å². The second kappa shape index (κ2) is 6.03. The lowest BCUT2D eigenvalue weighted by Gasteiger charge is -2.16. The van der Waals surface area contributed by atoms with Crippen molar-refractivity contribution >= 4 is 0 Å². The van der Waals surface area contributed by atoms with E-state index < -0.39 is 0 Å². The third-order valence-corrected chi connectivity index (χ3v) is 3.31. The SMILES string of the molecule is Cc1ccc(CN)c(OCCN2CCCC2)c1. The Morgan fingerprint density at radius 2 is 2.06 bits per heavy atom. The lowest BCUT2D eigenvalue weighted by atomic mass is 10.1. The van der Waals surface area contributed by atoms with Crippen LogP contribution in [-0.2, 0) is 6.54 Å². The molecule has 0 spiro atoms. The van der Waals surface area contributed by atoms with Crippen LogP contribution < -0.4 is 10.5 Å². The Morgan fingerprint density at radius 3 is 2.76 bits per heavy atom. The van der Waals surface area contributed by atoms with Crippen LogP contribution in [0.15, 0.2) is 18.2 Å². The van der Waals surface area contributed by atoms with Gasteiger partial charge in [-0.3, -0.25) is 4.90 Å². The summed E-state index contributed by atoms with van der Waals surface area (Å²) in [6.45, 7) is 6.85. The van der Waals surface area contributed by atoms with E-state index in [9.17, 15) is 0 Å². The summed E-state index contributed by atoms with van der Waals surface area (Å²) in [5, 5.41) is 0. The molecule has 0 saturated carbocycles. The van der Waals surface area contributed by atoms with Crippen molar-refractivity contribution < 1.29 is 4.74 Å². The summed E-state index contributed by atoms with van der Waals surface area (Å²) < 4.78 is 5.85. The molecule has 3 nitrogen and oxygen atoms in total. The van der Waals surface area contributed by atoms with E-state index in [-0.39, 0.29) is 0 Å². The predicted octanol–water partition coefficient (Wildman–Crippen LogP) is 1.93. The second-order valence-corrected chi connectivity index (χ2v) is 4.71. The summed E-state index contributed by atoms with van der Waals surface area (Å²) in [6, 6.07) is 6.21. The van der Waals surface area contributed by atoms with Gasteiger partial charge in [0.2, 0.25) is 0 Å². The molecule has 1 aromatic rings. The minimum absolute atomic E-state index is 0.541. The molecule has 2 N–H and O–H groups in total. The smallest absolute Gasteiger partial charge is 0.124 e. The Hall–Kier alpha value is -1.06. The number of rotatable bonds is 5. The largest absolute Gasteiger partial charge is 0.492 e. The first kappa shape index (κ1) is 12.4. The van der Waals surface area contributed by atoms with Crippen LogP contribution in [0.25, 0.3) is 0 Å². The Labute approximate surface area is 104 Å². The molecule has 1 saturated heterocycles. The van der Waals surface area contributed by atoms with Gasteiger partial charge in [-0.1, -0.05) is 12.1 Å². The van der Waals surface area contributed by atoms with Gasteiger partial charge in [-0.15, -0.1) is 0 Å². The van der Waals surface area contributed by atoms with Gasteiger partial charge in [-0.2, -0.15) is 0 Å². The van der Waals surface area contributed by atoms with Crippen LogP contribution >= 0.6 is 0 Å². The molecule has 2 rings (SSSR count). The molecule has 1 aromatic carbocycles. The van der Waals surface area contributed by atoms with Crippen molar-refractivity contribution in [3.05, 3.63) is 29.3 Å². The standard InChI is InChI=1S/C14H22N2O/c1-12-4-5-13(11-15)14(10-12)17-9-8-16-6-2-3-7-16/h4-5,10H,2-3,6-9,11,15H2,1H3. The summed E-state index contributed by atoms with van der Waals surface area (Å²) in [5.41, 5.74) is 8.02. The van der Waals surface area contributed by atoms with Crippen molar-refractivity contribution in [2.45, 2.75) is 26.3 Å². The van der Waals surface area contributed by atoms with Crippen LogP contribution in [0.4, 0.5) is 0 Å². The maximum Gasteiger partial charge on any atom is 0.124 e. The van der Waals surface area contributed by atoms with Gasteiger partial charge in [-0.05, 0) is 44.5 Å². The summed E-state index contributed by atoms with van der Waals surface area (Å²) in [5.74, 6) is 0.951. The van der Waals surface area contributed by atoms with E-state index in [1.165, 1.54) is 31.5 Å². The molecule has 0 radical (unpaired) electrons. The van der Waals surface area contributed by atoms with Gasteiger partial charge < -0.3 is 10.5 Å². The lowest BCUT2D eigenvalue weighted by Crippen LogP contribution is -2.25. The average Bonchev–Trinajstić information content (AvgIpc) is 2.82. The van der Waals surface area contributed by atoms with Crippen LogP contribution in [-0.4, -0.2) is 31.1 Å². The molecule has 0 aliphatic carbocycles. The summed E-state index contributed by atoms with van der Waals surface area (Å²) >= 11 is 0. The highest BCUT2D eigenvalue weighted by atomic mass is 16.5. The normalized spacial score (nSPS) is 16.4. The van der Waals surface area contributed by atoms with Gasteiger partial charge in [0.15, 0.2) is 0 Å². The molecule has 0 aromatic heterocycles. The van der Waals surface area contributed by atoms with Gasteiger partial charge >= 0.3 is 0 Å². The van der Waals surface area contributed by atoms with E-state index in [4.69, 9.17) is 10.5 Å². The molecule has 0 unspecified atom stereocenters. The van der Waals surface area contributed by atoms with Crippen molar-refractivity contribution in [2.75, 3.05) is 26.2 Å². The number of hydrogen-bond acceptors (Lipinski definition) is 3. The fourth-order valence-electron chi connectivity index (χ4n) is 2.26. The van der Waals surface area contributed by atoms with Gasteiger partial charge in [0.25, 0.3) is 0 Å². The van der Waals surface area contributed by atoms with Crippen molar-refractivity contribution in [2.24, 2.45) is 5.73 Å². The highest BCUT2D eigenvalue weighted by Gasteiger charge is 2.11. The molecule has 94 valence electrons. The number of ether oxygens (including phenoxy) is 1. The van der Waals surface area contributed by atoms with E-state index in [1.807, 2.05) is 0 Å². The Kier molecular flexibility index (Phi) is 4.40. The van der Waals surface area contributed by atoms with Crippen LogP contribution in [0.3, 0.4) is 0 Å². The van der Waals surface area contributed by atoms with Crippen molar-refractivity contribution in [1.29, 1.82) is 0 Å². The number of nitrogens with zero attached hydrogens (tertiary/aromatic N) is 1. The molecule has 1 aliphatic rings. The van der Waals surface area contributed by atoms with Crippen molar-refractivity contribution in [3.63, 3.8) is 0 Å². The Morgan fingerprint density at radius 1 is 1.29 bits per heavy atom. The molecule has 1 aliphatic heterocycles. The molecule has 17 heavy (non-hydrogen) atoms. The third kappa shape index (κ3) is 3.45. The van der Waals surface area contributed by atoms with E-state index in [0.29, 0.717) is 6.54 Å². The van der Waals surface area contributed by atoms with Crippen LogP contribution in [0, 0.1) is 6.92 Å². The van der Waals surface area contributed by atoms with Crippen molar-refractivity contribution in [1.82, 2.24) is 4.90 Å². The lowest BCUT2D eigenvalue weighted by molar-refractivity contribution is 0.236. The summed E-state index contributed by atoms with van der Waals surface area (Å²) in [7, 11) is 0. The zero-order chi connectivity index (χ0) is 12.1. The Balaban J connectivity index is 1.86. The highest BCUT2D eigenvalue weighted by molar-refractivity contribution is 5.36. The molecule has 0 amide bonds. The fourth-order valence-corrected chi connectivity index (χ4v) is 2.26. The molecule has 1 heterocycles.